The molecule has 3 heterocycles. The van der Waals surface area contributed by atoms with Crippen molar-refractivity contribution < 1.29 is 4.42 Å². The van der Waals surface area contributed by atoms with Crippen LogP contribution in [0.4, 0.5) is 0 Å². The van der Waals surface area contributed by atoms with E-state index in [-0.39, 0.29) is 5.41 Å². The van der Waals surface area contributed by atoms with Gasteiger partial charge in [0.2, 0.25) is 5.95 Å². The molecule has 0 fully saturated rings. The van der Waals surface area contributed by atoms with Gasteiger partial charge in [0.25, 0.3) is 0 Å². The summed E-state index contributed by atoms with van der Waals surface area (Å²) in [5.74, 6) is 1.64. The van der Waals surface area contributed by atoms with E-state index in [1.165, 1.54) is 27.3 Å². The number of aromatic nitrogens is 3. The lowest BCUT2D eigenvalue weighted by Crippen LogP contribution is -2.17. The molecule has 0 atom stereocenters. The normalized spacial score (nSPS) is 13.8. The topological polar surface area (TPSA) is 43.9 Å². The minimum absolute atomic E-state index is 0.290. The maximum Gasteiger partial charge on any atom is 0.235 e. The van der Waals surface area contributed by atoms with Crippen LogP contribution in [0.5, 0.6) is 0 Å². The lowest BCUT2D eigenvalue weighted by molar-refractivity contribution is 0.620. The zero-order chi connectivity index (χ0) is 27.3. The Kier molecular flexibility index (Phi) is 4.36. The second kappa shape index (κ2) is 7.92. The van der Waals surface area contributed by atoms with E-state index in [0.29, 0.717) is 5.95 Å². The Balaban J connectivity index is 1.44. The van der Waals surface area contributed by atoms with E-state index < -0.39 is 0 Å². The molecule has 8 aromatic rings. The third-order valence-electron chi connectivity index (χ3n) is 8.77. The number of rotatable bonds is 2. The fourth-order valence-electron chi connectivity index (χ4n) is 7.05. The van der Waals surface area contributed by atoms with Crippen LogP contribution in [0.2, 0.25) is 0 Å². The molecule has 0 saturated carbocycles. The molecular formula is C37H25N3O. The van der Waals surface area contributed by atoms with Gasteiger partial charge in [-0.2, -0.15) is 0 Å². The Hall–Kier alpha value is -5.22. The number of furan rings is 1. The van der Waals surface area contributed by atoms with Crippen LogP contribution in [0.1, 0.15) is 25.0 Å². The first-order valence-electron chi connectivity index (χ1n) is 14.0. The second-order valence-electron chi connectivity index (χ2n) is 11.4. The largest absolute Gasteiger partial charge is 0.456 e. The average Bonchev–Trinajstić information content (AvgIpc) is 3.63. The van der Waals surface area contributed by atoms with Gasteiger partial charge in [-0.25, -0.2) is 9.97 Å². The van der Waals surface area contributed by atoms with Gasteiger partial charge in [0.15, 0.2) is 0 Å². The van der Waals surface area contributed by atoms with Gasteiger partial charge in [-0.1, -0.05) is 111 Å². The van der Waals surface area contributed by atoms with E-state index in [1.54, 1.807) is 0 Å². The third kappa shape index (κ3) is 2.94. The smallest absolute Gasteiger partial charge is 0.235 e. The maximum atomic E-state index is 6.54. The molecular weight excluding hydrogens is 502 g/mol. The number of hydrogen-bond donors (Lipinski definition) is 0. The Morgan fingerprint density at radius 2 is 1.32 bits per heavy atom. The highest BCUT2D eigenvalue weighted by Gasteiger charge is 2.43. The lowest BCUT2D eigenvalue weighted by Gasteiger charge is -2.23. The Morgan fingerprint density at radius 3 is 2.17 bits per heavy atom. The monoisotopic (exact) mass is 527 g/mol. The van der Waals surface area contributed by atoms with Gasteiger partial charge < -0.3 is 4.42 Å². The fraction of sp³-hybridized carbons (Fsp3) is 0.0811. The van der Waals surface area contributed by atoms with Gasteiger partial charge in [0.05, 0.1) is 22.2 Å². The van der Waals surface area contributed by atoms with Crippen LogP contribution in [0, 0.1) is 0 Å². The van der Waals surface area contributed by atoms with E-state index in [4.69, 9.17) is 14.4 Å². The molecule has 194 valence electrons. The van der Waals surface area contributed by atoms with Crippen molar-refractivity contribution in [1.29, 1.82) is 0 Å². The van der Waals surface area contributed by atoms with E-state index in [1.807, 2.05) is 18.2 Å². The van der Waals surface area contributed by atoms with Crippen molar-refractivity contribution >= 4 is 43.7 Å². The molecule has 0 N–H and O–H groups in total. The summed E-state index contributed by atoms with van der Waals surface area (Å²) in [6.45, 7) is 4.63. The first-order chi connectivity index (χ1) is 20.1. The number of nitrogens with zero attached hydrogens (tertiary/aromatic N) is 3. The van der Waals surface area contributed by atoms with Gasteiger partial charge in [0, 0.05) is 43.7 Å². The molecule has 0 spiro atoms. The summed E-state index contributed by atoms with van der Waals surface area (Å²) in [5, 5.41) is 4.60. The van der Waals surface area contributed by atoms with Crippen LogP contribution in [0.15, 0.2) is 120 Å². The second-order valence-corrected chi connectivity index (χ2v) is 11.4. The molecule has 5 aromatic carbocycles. The molecule has 3 aromatic heterocycles. The number of fused-ring (bicyclic) bond motifs is 10. The number of para-hydroxylation sites is 3. The van der Waals surface area contributed by atoms with Crippen molar-refractivity contribution in [3.63, 3.8) is 0 Å². The van der Waals surface area contributed by atoms with Crippen LogP contribution in [-0.2, 0) is 5.41 Å². The van der Waals surface area contributed by atoms with Gasteiger partial charge in [-0.3, -0.25) is 4.57 Å². The molecule has 0 bridgehead atoms. The summed E-state index contributed by atoms with van der Waals surface area (Å²) in [7, 11) is 0. The minimum Gasteiger partial charge on any atom is -0.456 e. The van der Waals surface area contributed by atoms with E-state index in [2.05, 4.69) is 115 Å². The first kappa shape index (κ1) is 22.6. The molecule has 41 heavy (non-hydrogen) atoms. The summed E-state index contributed by atoms with van der Waals surface area (Å²) in [4.78, 5) is 10.5. The van der Waals surface area contributed by atoms with Crippen molar-refractivity contribution in [2.24, 2.45) is 0 Å². The molecule has 9 rings (SSSR count). The van der Waals surface area contributed by atoms with Crippen molar-refractivity contribution in [1.82, 2.24) is 14.5 Å². The minimum atomic E-state index is -0.290. The molecule has 0 unspecified atom stereocenters. The van der Waals surface area contributed by atoms with E-state index >= 15 is 0 Å². The Labute approximate surface area is 236 Å². The predicted molar refractivity (Wildman–Crippen MR) is 167 cm³/mol. The highest BCUT2D eigenvalue weighted by molar-refractivity contribution is 6.13. The summed E-state index contributed by atoms with van der Waals surface area (Å²) in [5.41, 5.74) is 9.44. The molecule has 0 amide bonds. The third-order valence-corrected chi connectivity index (χ3v) is 8.77. The van der Waals surface area contributed by atoms with Crippen molar-refractivity contribution in [2.45, 2.75) is 19.3 Å². The van der Waals surface area contributed by atoms with Crippen LogP contribution >= 0.6 is 0 Å². The van der Waals surface area contributed by atoms with Crippen LogP contribution in [-0.4, -0.2) is 14.5 Å². The maximum absolute atomic E-state index is 6.54. The molecule has 0 aliphatic heterocycles. The van der Waals surface area contributed by atoms with E-state index in [0.717, 1.165) is 50.1 Å². The standard InChI is InChI=1S/C37H25N3O/c1-37(2)31-27(35-32(37)26-16-8-11-19-30(26)41-35)21-20-24-23-14-7-10-18-29(23)40(34(24)31)36-38-28-17-9-6-15-25(28)33(39-36)22-12-4-3-5-13-22/h3-21H,1-2H3. The molecule has 1 aliphatic rings. The van der Waals surface area contributed by atoms with Crippen LogP contribution in [0.3, 0.4) is 0 Å². The van der Waals surface area contributed by atoms with Crippen molar-refractivity contribution in [3.05, 3.63) is 126 Å². The SMILES string of the molecule is CC1(C)c2c(oc3ccccc23)-c2ccc3c4ccccc4n(-c4nc(-c5ccccc5)c5ccccc5n4)c3c21. The highest BCUT2D eigenvalue weighted by Crippen LogP contribution is 2.56. The van der Waals surface area contributed by atoms with Crippen LogP contribution in [0.25, 0.3) is 72.2 Å². The molecule has 4 nitrogen and oxygen atoms in total. The lowest BCUT2D eigenvalue weighted by atomic mass is 9.80. The summed E-state index contributed by atoms with van der Waals surface area (Å²) in [6, 6.07) is 40.1. The highest BCUT2D eigenvalue weighted by atomic mass is 16.3. The zero-order valence-electron chi connectivity index (χ0n) is 22.7. The van der Waals surface area contributed by atoms with Gasteiger partial charge in [-0.15, -0.1) is 0 Å². The summed E-state index contributed by atoms with van der Waals surface area (Å²) >= 11 is 0. The first-order valence-corrected chi connectivity index (χ1v) is 14.0. The zero-order valence-corrected chi connectivity index (χ0v) is 22.7. The van der Waals surface area contributed by atoms with Gasteiger partial charge in [-0.05, 0) is 23.8 Å². The summed E-state index contributed by atoms with van der Waals surface area (Å²) < 4.78 is 8.81. The average molecular weight is 528 g/mol. The van der Waals surface area contributed by atoms with Crippen molar-refractivity contribution in [3.8, 4) is 28.5 Å². The number of hydrogen-bond acceptors (Lipinski definition) is 3. The van der Waals surface area contributed by atoms with Crippen molar-refractivity contribution in [2.75, 3.05) is 0 Å². The molecule has 4 heteroatoms. The van der Waals surface area contributed by atoms with Gasteiger partial charge >= 0.3 is 0 Å². The fourth-order valence-corrected chi connectivity index (χ4v) is 7.05. The van der Waals surface area contributed by atoms with Crippen LogP contribution < -0.4 is 0 Å². The Bertz CT molecular complexity index is 2340. The number of benzene rings is 5. The Morgan fingerprint density at radius 1 is 0.610 bits per heavy atom. The summed E-state index contributed by atoms with van der Waals surface area (Å²) in [6.07, 6.45) is 0. The molecule has 0 radical (unpaired) electrons. The molecule has 1 aliphatic carbocycles. The quantitative estimate of drug-likeness (QED) is 0.225. The predicted octanol–water partition coefficient (Wildman–Crippen LogP) is 9.45. The van der Waals surface area contributed by atoms with Gasteiger partial charge in [0.1, 0.15) is 11.3 Å². The van der Waals surface area contributed by atoms with E-state index in [9.17, 15) is 0 Å². The molecule has 0 saturated heterocycles.